The van der Waals surface area contributed by atoms with Crippen molar-refractivity contribution in [3.63, 3.8) is 0 Å². The molecule has 7 heteroatoms. The number of carbonyl (C=O) groups is 1. The van der Waals surface area contributed by atoms with E-state index in [4.69, 9.17) is 4.74 Å². The molecule has 3 N–H and O–H groups in total. The largest absolute Gasteiger partial charge is 0.505 e. The van der Waals surface area contributed by atoms with E-state index < -0.39 is 5.91 Å². The van der Waals surface area contributed by atoms with Gasteiger partial charge in [-0.15, -0.1) is 0 Å². The van der Waals surface area contributed by atoms with Crippen molar-refractivity contribution in [2.24, 2.45) is 0 Å². The number of rotatable bonds is 4. The summed E-state index contributed by atoms with van der Waals surface area (Å²) < 4.78 is 5.78. The van der Waals surface area contributed by atoms with Gasteiger partial charge in [-0.05, 0) is 36.4 Å². The number of amides is 1. The minimum Gasteiger partial charge on any atom is -0.505 e. The number of hydrogen-bond donors (Lipinski definition) is 3. The number of aromatic nitrogens is 3. The number of aromatic amines is 1. The van der Waals surface area contributed by atoms with Gasteiger partial charge in [0, 0.05) is 12.3 Å². The van der Waals surface area contributed by atoms with Gasteiger partial charge < -0.3 is 14.8 Å². The molecular weight excluding hydrogens is 332 g/mol. The van der Waals surface area contributed by atoms with Crippen LogP contribution in [0.25, 0.3) is 11.0 Å². The molecule has 26 heavy (non-hydrogen) atoms. The van der Waals surface area contributed by atoms with Crippen molar-refractivity contribution in [1.29, 1.82) is 0 Å². The molecule has 0 bridgehead atoms. The zero-order chi connectivity index (χ0) is 17.9. The van der Waals surface area contributed by atoms with Crippen LogP contribution in [0.15, 0.2) is 66.9 Å². The van der Waals surface area contributed by atoms with E-state index in [1.807, 2.05) is 30.3 Å². The summed E-state index contributed by atoms with van der Waals surface area (Å²) in [6, 6.07) is 17.8. The number of para-hydroxylation sites is 1. The van der Waals surface area contributed by atoms with Gasteiger partial charge in [-0.2, -0.15) is 0 Å². The van der Waals surface area contributed by atoms with E-state index in [0.29, 0.717) is 16.8 Å². The van der Waals surface area contributed by atoms with Gasteiger partial charge in [-0.3, -0.25) is 10.1 Å². The Bertz CT molecular complexity index is 1080. The lowest BCUT2D eigenvalue weighted by Gasteiger charge is -2.04. The maximum absolute atomic E-state index is 12.2. The third-order valence-corrected chi connectivity index (χ3v) is 3.67. The van der Waals surface area contributed by atoms with Crippen molar-refractivity contribution < 1.29 is 14.6 Å². The summed E-state index contributed by atoms with van der Waals surface area (Å²) in [5, 5.41) is 12.3. The van der Waals surface area contributed by atoms with Gasteiger partial charge >= 0.3 is 0 Å². The van der Waals surface area contributed by atoms with Crippen LogP contribution in [-0.2, 0) is 0 Å². The molecule has 128 valence electrons. The molecule has 0 aliphatic carbocycles. The van der Waals surface area contributed by atoms with Crippen LogP contribution in [0.3, 0.4) is 0 Å². The van der Waals surface area contributed by atoms with Crippen LogP contribution < -0.4 is 10.1 Å². The molecule has 0 fully saturated rings. The quantitative estimate of drug-likeness (QED) is 0.523. The third-order valence-electron chi connectivity index (χ3n) is 3.67. The van der Waals surface area contributed by atoms with Crippen molar-refractivity contribution in [3.8, 4) is 17.2 Å². The normalized spacial score (nSPS) is 10.6. The number of imidazole rings is 1. The molecule has 2 heterocycles. The summed E-state index contributed by atoms with van der Waals surface area (Å²) in [5.74, 6) is 0.882. The maximum Gasteiger partial charge on any atom is 0.280 e. The number of ether oxygens (including phenoxy) is 1. The second kappa shape index (κ2) is 6.56. The molecular formula is C19H14N4O3. The van der Waals surface area contributed by atoms with Crippen molar-refractivity contribution >= 4 is 22.9 Å². The average molecular weight is 346 g/mol. The lowest BCUT2D eigenvalue weighted by atomic mass is 10.3. The van der Waals surface area contributed by atoms with Crippen LogP contribution in [0.5, 0.6) is 17.2 Å². The van der Waals surface area contributed by atoms with E-state index in [0.717, 1.165) is 5.75 Å². The number of H-pyrrole nitrogens is 1. The Hall–Kier alpha value is -3.87. The first-order valence-corrected chi connectivity index (χ1v) is 7.87. The Balaban J connectivity index is 1.56. The van der Waals surface area contributed by atoms with Crippen LogP contribution in [0.2, 0.25) is 0 Å². The van der Waals surface area contributed by atoms with E-state index in [9.17, 15) is 9.90 Å². The highest BCUT2D eigenvalue weighted by Gasteiger charge is 2.14. The smallest absolute Gasteiger partial charge is 0.280 e. The molecule has 2 aromatic carbocycles. The standard InChI is InChI=1S/C19H14N4O3/c24-16-7-4-10-20-17(16)18(25)23-19-21-14-9-8-13(11-15(14)22-19)26-12-5-2-1-3-6-12/h1-11,24H,(H2,21,22,23,25). The van der Waals surface area contributed by atoms with E-state index >= 15 is 0 Å². The van der Waals surface area contributed by atoms with E-state index in [1.165, 1.54) is 12.3 Å². The van der Waals surface area contributed by atoms with Crippen LogP contribution >= 0.6 is 0 Å². The Labute approximate surface area is 148 Å². The number of pyridine rings is 1. The second-order valence-corrected chi connectivity index (χ2v) is 5.50. The van der Waals surface area contributed by atoms with E-state index in [1.54, 1.807) is 24.3 Å². The highest BCUT2D eigenvalue weighted by Crippen LogP contribution is 2.25. The second-order valence-electron chi connectivity index (χ2n) is 5.50. The maximum atomic E-state index is 12.2. The van der Waals surface area contributed by atoms with Crippen molar-refractivity contribution in [2.45, 2.75) is 0 Å². The zero-order valence-electron chi connectivity index (χ0n) is 13.5. The minimum atomic E-state index is -0.553. The first-order chi connectivity index (χ1) is 12.7. The fraction of sp³-hybridized carbons (Fsp3) is 0. The number of carbonyl (C=O) groups excluding carboxylic acids is 1. The first kappa shape index (κ1) is 15.6. The highest BCUT2D eigenvalue weighted by atomic mass is 16.5. The summed E-state index contributed by atoms with van der Waals surface area (Å²) in [4.78, 5) is 23.4. The Morgan fingerprint density at radius 1 is 1.04 bits per heavy atom. The molecule has 4 aromatic rings. The number of nitrogens with one attached hydrogen (secondary N) is 2. The summed E-state index contributed by atoms with van der Waals surface area (Å²) in [6.07, 6.45) is 1.43. The zero-order valence-corrected chi connectivity index (χ0v) is 13.5. The lowest BCUT2D eigenvalue weighted by Crippen LogP contribution is -2.14. The van der Waals surface area contributed by atoms with Crippen molar-refractivity contribution in [1.82, 2.24) is 15.0 Å². The van der Waals surface area contributed by atoms with Crippen LogP contribution in [0.4, 0.5) is 5.95 Å². The number of aromatic hydroxyl groups is 1. The van der Waals surface area contributed by atoms with Gasteiger partial charge in [0.15, 0.2) is 5.69 Å². The fourth-order valence-corrected chi connectivity index (χ4v) is 2.47. The predicted molar refractivity (Wildman–Crippen MR) is 96.5 cm³/mol. The molecule has 7 nitrogen and oxygen atoms in total. The Morgan fingerprint density at radius 3 is 2.69 bits per heavy atom. The Morgan fingerprint density at radius 2 is 1.88 bits per heavy atom. The van der Waals surface area contributed by atoms with Gasteiger partial charge in [-0.1, -0.05) is 18.2 Å². The fourth-order valence-electron chi connectivity index (χ4n) is 2.47. The minimum absolute atomic E-state index is 0.0685. The van der Waals surface area contributed by atoms with Crippen LogP contribution in [0.1, 0.15) is 10.5 Å². The Kier molecular flexibility index (Phi) is 3.95. The van der Waals surface area contributed by atoms with Gasteiger partial charge in [0.25, 0.3) is 5.91 Å². The average Bonchev–Trinajstić information content (AvgIpc) is 3.04. The monoisotopic (exact) mass is 346 g/mol. The molecule has 0 saturated carbocycles. The SMILES string of the molecule is O=C(Nc1nc2ccc(Oc3ccccc3)cc2[nH]1)c1ncccc1O. The molecule has 0 aliphatic rings. The van der Waals surface area contributed by atoms with Crippen molar-refractivity contribution in [2.75, 3.05) is 5.32 Å². The topological polar surface area (TPSA) is 100 Å². The number of anilines is 1. The first-order valence-electron chi connectivity index (χ1n) is 7.87. The molecule has 0 unspecified atom stereocenters. The molecule has 0 spiro atoms. The molecule has 2 aromatic heterocycles. The summed E-state index contributed by atoms with van der Waals surface area (Å²) in [7, 11) is 0. The lowest BCUT2D eigenvalue weighted by molar-refractivity contribution is 0.101. The molecule has 0 radical (unpaired) electrons. The van der Waals surface area contributed by atoms with Crippen molar-refractivity contribution in [3.05, 3.63) is 72.6 Å². The molecule has 4 rings (SSSR count). The molecule has 1 amide bonds. The molecule has 0 saturated heterocycles. The summed E-state index contributed by atoms with van der Waals surface area (Å²) >= 11 is 0. The van der Waals surface area contributed by atoms with Gasteiger partial charge in [0.05, 0.1) is 11.0 Å². The number of nitrogens with zero attached hydrogens (tertiary/aromatic N) is 2. The highest BCUT2D eigenvalue weighted by molar-refractivity contribution is 6.04. The third kappa shape index (κ3) is 3.18. The van der Waals surface area contributed by atoms with Gasteiger partial charge in [0.1, 0.15) is 17.2 Å². The van der Waals surface area contributed by atoms with E-state index in [2.05, 4.69) is 20.3 Å². The summed E-state index contributed by atoms with van der Waals surface area (Å²) in [5.41, 5.74) is 1.31. The molecule has 0 atom stereocenters. The molecule has 0 aliphatic heterocycles. The predicted octanol–water partition coefficient (Wildman–Crippen LogP) is 3.71. The summed E-state index contributed by atoms with van der Waals surface area (Å²) in [6.45, 7) is 0. The number of fused-ring (bicyclic) bond motifs is 1. The number of benzene rings is 2. The van der Waals surface area contributed by atoms with Crippen LogP contribution in [0, 0.1) is 0 Å². The van der Waals surface area contributed by atoms with Gasteiger partial charge in [-0.25, -0.2) is 9.97 Å². The number of hydrogen-bond acceptors (Lipinski definition) is 5. The van der Waals surface area contributed by atoms with Gasteiger partial charge in [0.2, 0.25) is 5.95 Å². The van der Waals surface area contributed by atoms with E-state index in [-0.39, 0.29) is 17.4 Å². The van der Waals surface area contributed by atoms with Crippen LogP contribution in [-0.4, -0.2) is 26.0 Å².